The predicted molar refractivity (Wildman–Crippen MR) is 42.1 cm³/mol. The van der Waals surface area contributed by atoms with Gasteiger partial charge in [-0.3, -0.25) is 0 Å². The minimum Gasteiger partial charge on any atom is -0.323 e. The van der Waals surface area contributed by atoms with E-state index in [0.717, 1.165) is 0 Å². The summed E-state index contributed by atoms with van der Waals surface area (Å²) >= 11 is 15.2. The van der Waals surface area contributed by atoms with Gasteiger partial charge in [0.15, 0.2) is 0 Å². The van der Waals surface area contributed by atoms with Crippen molar-refractivity contribution in [2.45, 2.75) is 0 Å². The van der Waals surface area contributed by atoms with E-state index in [9.17, 15) is 0 Å². The lowest BCUT2D eigenvalue weighted by atomic mass is 10.7. The molecule has 8 heavy (non-hydrogen) atoms. The summed E-state index contributed by atoms with van der Waals surface area (Å²) in [5.41, 5.74) is 0. The highest BCUT2D eigenvalue weighted by atomic mass is 35.9. The fraction of sp³-hybridized carbons (Fsp3) is 0.333. The summed E-state index contributed by atoms with van der Waals surface area (Å²) in [7, 11) is 0. The van der Waals surface area contributed by atoms with Crippen LogP contribution >= 0.6 is 27.5 Å². The van der Waals surface area contributed by atoms with Gasteiger partial charge in [-0.2, -0.15) is 0 Å². The molecule has 0 N–H and O–H groups in total. The number of halogens is 2. The van der Waals surface area contributed by atoms with Gasteiger partial charge in [0.25, 0.3) is 0 Å². The lowest BCUT2D eigenvalue weighted by Gasteiger charge is -2.01. The van der Waals surface area contributed by atoms with Crippen molar-refractivity contribution in [3.05, 3.63) is 12.7 Å². The second-order valence-electron chi connectivity index (χ2n) is 0.999. The number of rotatable bonds is 3. The predicted octanol–water partition coefficient (Wildman–Crippen LogP) is 2.89. The largest absolute Gasteiger partial charge is 0.323 e. The Hall–Kier alpha value is 0.930. The Kier molecular flexibility index (Phi) is 4.31. The molecule has 0 rings (SSSR count). The molecule has 0 aromatic heterocycles. The smallest absolute Gasteiger partial charge is 0.240 e. The zero-order chi connectivity index (χ0) is 6.62. The molecule has 0 aromatic rings. The molecule has 0 aliphatic heterocycles. The van der Waals surface area contributed by atoms with Gasteiger partial charge in [0, 0.05) is 0 Å². The SMILES string of the molecule is C=CCOP(=S)(Cl)Cl. The third-order valence-electron chi connectivity index (χ3n) is 0.343. The van der Waals surface area contributed by atoms with E-state index in [1.54, 1.807) is 6.08 Å². The summed E-state index contributed by atoms with van der Waals surface area (Å²) in [5.74, 6) is 0. The average Bonchev–Trinajstić information content (AvgIpc) is 1.59. The molecule has 0 saturated heterocycles. The fourth-order valence-corrected chi connectivity index (χ4v) is 0.939. The maximum atomic E-state index is 5.33. The normalized spacial score (nSPS) is 11.2. The lowest BCUT2D eigenvalue weighted by molar-refractivity contribution is 0.419. The van der Waals surface area contributed by atoms with Gasteiger partial charge in [0.1, 0.15) is 0 Å². The summed E-state index contributed by atoms with van der Waals surface area (Å²) in [5, 5.41) is 0. The first-order chi connectivity index (χ1) is 3.56. The lowest BCUT2D eigenvalue weighted by Crippen LogP contribution is -1.76. The second-order valence-corrected chi connectivity index (χ2v) is 8.21. The molecular formula is C3H5Cl2OPS. The number of hydrogen-bond acceptors (Lipinski definition) is 2. The van der Waals surface area contributed by atoms with Gasteiger partial charge >= 0.3 is 0 Å². The molecule has 0 unspecified atom stereocenters. The standard InChI is InChI=1S/C3H5Cl2OPS/c1-2-3-6-7(4,5)8/h2H,1,3H2. The Morgan fingerprint density at radius 1 is 1.75 bits per heavy atom. The Bertz CT molecular complexity index is 120. The van der Waals surface area contributed by atoms with Gasteiger partial charge in [-0.15, -0.1) is 6.58 Å². The maximum absolute atomic E-state index is 5.33. The summed E-state index contributed by atoms with van der Waals surface area (Å²) in [4.78, 5) is -2.48. The van der Waals surface area contributed by atoms with Crippen LogP contribution < -0.4 is 0 Å². The molecule has 0 heterocycles. The van der Waals surface area contributed by atoms with Crippen molar-refractivity contribution >= 4 is 39.3 Å². The third-order valence-corrected chi connectivity index (χ3v) is 1.69. The summed E-state index contributed by atoms with van der Waals surface area (Å²) in [6, 6.07) is 0. The van der Waals surface area contributed by atoms with Crippen LogP contribution in [-0.4, -0.2) is 6.61 Å². The Morgan fingerprint density at radius 3 is 2.38 bits per heavy atom. The zero-order valence-electron chi connectivity index (χ0n) is 4.01. The van der Waals surface area contributed by atoms with E-state index in [-0.39, 0.29) is 0 Å². The monoisotopic (exact) mass is 190 g/mol. The van der Waals surface area contributed by atoms with Crippen LogP contribution in [0.25, 0.3) is 0 Å². The van der Waals surface area contributed by atoms with Crippen LogP contribution in [0.5, 0.6) is 0 Å². The van der Waals surface area contributed by atoms with E-state index in [4.69, 9.17) is 27.0 Å². The quantitative estimate of drug-likeness (QED) is 0.501. The van der Waals surface area contributed by atoms with Gasteiger partial charge in [0.05, 0.1) is 6.61 Å². The van der Waals surface area contributed by atoms with Crippen LogP contribution in [-0.2, 0) is 16.3 Å². The Balaban J connectivity index is 3.40. The second kappa shape index (κ2) is 3.86. The van der Waals surface area contributed by atoms with Crippen LogP contribution in [0.2, 0.25) is 0 Å². The van der Waals surface area contributed by atoms with Crippen molar-refractivity contribution in [3.8, 4) is 0 Å². The van der Waals surface area contributed by atoms with Crippen molar-refractivity contribution in [3.63, 3.8) is 0 Å². The molecule has 0 saturated carbocycles. The highest BCUT2D eigenvalue weighted by Gasteiger charge is 2.04. The minimum atomic E-state index is -2.48. The van der Waals surface area contributed by atoms with Crippen LogP contribution in [0, 0.1) is 0 Å². The minimum absolute atomic E-state index is 0.324. The molecule has 48 valence electrons. The molecule has 0 spiro atoms. The first kappa shape index (κ1) is 8.93. The molecule has 5 heteroatoms. The van der Waals surface area contributed by atoms with Gasteiger partial charge < -0.3 is 4.52 Å². The Labute approximate surface area is 63.3 Å². The van der Waals surface area contributed by atoms with E-state index in [2.05, 4.69) is 18.4 Å². The number of hydrogen-bond donors (Lipinski definition) is 0. The molecule has 1 nitrogen and oxygen atoms in total. The first-order valence-electron chi connectivity index (χ1n) is 1.81. The molecule has 0 bridgehead atoms. The highest BCUT2D eigenvalue weighted by Crippen LogP contribution is 2.57. The van der Waals surface area contributed by atoms with E-state index >= 15 is 0 Å². The van der Waals surface area contributed by atoms with Crippen LogP contribution in [0.3, 0.4) is 0 Å². The summed E-state index contributed by atoms with van der Waals surface area (Å²) in [6.07, 6.45) is 1.55. The first-order valence-corrected chi connectivity index (χ1v) is 6.34. The molecule has 0 amide bonds. The molecule has 0 fully saturated rings. The van der Waals surface area contributed by atoms with Crippen LogP contribution in [0.15, 0.2) is 12.7 Å². The van der Waals surface area contributed by atoms with Crippen molar-refractivity contribution < 1.29 is 4.52 Å². The maximum Gasteiger partial charge on any atom is 0.240 e. The molecule has 0 atom stereocenters. The average molecular weight is 191 g/mol. The van der Waals surface area contributed by atoms with E-state index in [0.29, 0.717) is 6.61 Å². The van der Waals surface area contributed by atoms with Gasteiger partial charge in [0.2, 0.25) is 4.97 Å². The van der Waals surface area contributed by atoms with Gasteiger partial charge in [-0.05, 0) is 34.3 Å². The van der Waals surface area contributed by atoms with Gasteiger partial charge in [-0.1, -0.05) is 6.08 Å². The van der Waals surface area contributed by atoms with Gasteiger partial charge in [-0.25, -0.2) is 0 Å². The zero-order valence-corrected chi connectivity index (χ0v) is 7.23. The van der Waals surface area contributed by atoms with Crippen molar-refractivity contribution in [2.75, 3.05) is 6.61 Å². The van der Waals surface area contributed by atoms with Crippen molar-refractivity contribution in [1.29, 1.82) is 0 Å². The molecular weight excluding hydrogens is 186 g/mol. The topological polar surface area (TPSA) is 9.23 Å². The van der Waals surface area contributed by atoms with Crippen molar-refractivity contribution in [2.24, 2.45) is 0 Å². The molecule has 0 aliphatic carbocycles. The van der Waals surface area contributed by atoms with Crippen molar-refractivity contribution in [1.82, 2.24) is 0 Å². The molecule has 0 aliphatic rings. The molecule has 0 aromatic carbocycles. The van der Waals surface area contributed by atoms with E-state index in [1.165, 1.54) is 0 Å². The highest BCUT2D eigenvalue weighted by molar-refractivity contribution is 8.36. The van der Waals surface area contributed by atoms with Crippen LogP contribution in [0.1, 0.15) is 0 Å². The summed E-state index contributed by atoms with van der Waals surface area (Å²) in [6.45, 7) is 3.72. The fourth-order valence-electron chi connectivity index (χ4n) is 0.139. The Morgan fingerprint density at radius 2 is 2.25 bits per heavy atom. The van der Waals surface area contributed by atoms with E-state index < -0.39 is 4.97 Å². The van der Waals surface area contributed by atoms with Crippen LogP contribution in [0.4, 0.5) is 0 Å². The summed E-state index contributed by atoms with van der Waals surface area (Å²) < 4.78 is 4.72. The van der Waals surface area contributed by atoms with E-state index in [1.807, 2.05) is 0 Å². The third kappa shape index (κ3) is 6.93. The molecule has 0 radical (unpaired) electrons.